The van der Waals surface area contributed by atoms with Gasteiger partial charge in [0, 0.05) is 43.5 Å². The molecule has 1 aliphatic heterocycles. The number of aromatic nitrogens is 1. The fraction of sp³-hybridized carbons (Fsp3) is 0.238. The van der Waals surface area contributed by atoms with Crippen LogP contribution in [0.1, 0.15) is 16.8 Å². The molecule has 0 fully saturated rings. The third kappa shape index (κ3) is 2.83. The third-order valence-corrected chi connectivity index (χ3v) is 4.74. The summed E-state index contributed by atoms with van der Waals surface area (Å²) in [5.74, 6) is 0.898. The molecule has 3 heteroatoms. The van der Waals surface area contributed by atoms with E-state index in [0.717, 1.165) is 31.8 Å². The Morgan fingerprint density at radius 3 is 2.58 bits per heavy atom. The van der Waals surface area contributed by atoms with Crippen LogP contribution in [0.25, 0.3) is 11.1 Å². The Kier molecular flexibility index (Phi) is 4.09. The number of hydrogen-bond acceptors (Lipinski definition) is 2. The summed E-state index contributed by atoms with van der Waals surface area (Å²) in [6.07, 6.45) is 3.39. The summed E-state index contributed by atoms with van der Waals surface area (Å²) < 4.78 is 7.71. The van der Waals surface area contributed by atoms with Gasteiger partial charge in [-0.3, -0.25) is 0 Å². The predicted molar refractivity (Wildman–Crippen MR) is 97.4 cm³/mol. The molecule has 2 aromatic carbocycles. The van der Waals surface area contributed by atoms with Gasteiger partial charge >= 0.3 is 0 Å². The SMILES string of the molecule is COc1ccc(-c2cn(Cc3ccccc3)c3c2CNCC3)cc1. The van der Waals surface area contributed by atoms with E-state index in [9.17, 15) is 0 Å². The highest BCUT2D eigenvalue weighted by molar-refractivity contribution is 5.69. The number of nitrogens with zero attached hydrogens (tertiary/aromatic N) is 1. The Morgan fingerprint density at radius 1 is 1.04 bits per heavy atom. The Morgan fingerprint density at radius 2 is 1.83 bits per heavy atom. The number of nitrogens with one attached hydrogen (secondary N) is 1. The van der Waals surface area contributed by atoms with E-state index in [-0.39, 0.29) is 0 Å². The van der Waals surface area contributed by atoms with Crippen molar-refractivity contribution in [3.63, 3.8) is 0 Å². The first-order valence-corrected chi connectivity index (χ1v) is 8.45. The first-order valence-electron chi connectivity index (χ1n) is 8.45. The highest BCUT2D eigenvalue weighted by Crippen LogP contribution is 2.31. The first kappa shape index (κ1) is 15.0. The zero-order valence-electron chi connectivity index (χ0n) is 14.0. The number of fused-ring (bicyclic) bond motifs is 1. The molecule has 0 spiro atoms. The molecule has 1 N–H and O–H groups in total. The summed E-state index contributed by atoms with van der Waals surface area (Å²) in [5, 5.41) is 3.51. The summed E-state index contributed by atoms with van der Waals surface area (Å²) in [4.78, 5) is 0. The van der Waals surface area contributed by atoms with E-state index < -0.39 is 0 Å². The van der Waals surface area contributed by atoms with Gasteiger partial charge in [0.1, 0.15) is 5.75 Å². The number of hydrogen-bond donors (Lipinski definition) is 1. The number of rotatable bonds is 4. The molecule has 0 bridgehead atoms. The van der Waals surface area contributed by atoms with Crippen LogP contribution in [0.15, 0.2) is 60.8 Å². The van der Waals surface area contributed by atoms with E-state index in [1.165, 1.54) is 27.9 Å². The monoisotopic (exact) mass is 318 g/mol. The lowest BCUT2D eigenvalue weighted by molar-refractivity contribution is 0.415. The molecule has 0 unspecified atom stereocenters. The van der Waals surface area contributed by atoms with Crippen LogP contribution >= 0.6 is 0 Å². The maximum Gasteiger partial charge on any atom is 0.118 e. The van der Waals surface area contributed by atoms with Crippen molar-refractivity contribution in [2.75, 3.05) is 13.7 Å². The molecule has 0 aliphatic carbocycles. The van der Waals surface area contributed by atoms with Gasteiger partial charge in [0.25, 0.3) is 0 Å². The van der Waals surface area contributed by atoms with Gasteiger partial charge in [0.2, 0.25) is 0 Å². The molecule has 0 saturated heterocycles. The molecule has 1 aliphatic rings. The molecular formula is C21H22N2O. The third-order valence-electron chi connectivity index (χ3n) is 4.74. The molecule has 2 heterocycles. The summed E-state index contributed by atoms with van der Waals surface area (Å²) in [7, 11) is 1.71. The second kappa shape index (κ2) is 6.54. The Labute approximate surface area is 142 Å². The maximum atomic E-state index is 5.28. The van der Waals surface area contributed by atoms with Crippen molar-refractivity contribution < 1.29 is 4.74 Å². The van der Waals surface area contributed by atoms with Gasteiger partial charge in [-0.1, -0.05) is 42.5 Å². The molecule has 0 saturated carbocycles. The zero-order chi connectivity index (χ0) is 16.4. The quantitative estimate of drug-likeness (QED) is 0.790. The first-order chi connectivity index (χ1) is 11.8. The van der Waals surface area contributed by atoms with Crippen LogP contribution in [0.2, 0.25) is 0 Å². The Balaban J connectivity index is 1.74. The average molecular weight is 318 g/mol. The second-order valence-electron chi connectivity index (χ2n) is 6.24. The lowest BCUT2D eigenvalue weighted by Gasteiger charge is -2.17. The predicted octanol–water partition coefficient (Wildman–Crippen LogP) is 3.86. The topological polar surface area (TPSA) is 26.2 Å². The Bertz CT molecular complexity index is 819. The van der Waals surface area contributed by atoms with Crippen molar-refractivity contribution in [2.24, 2.45) is 0 Å². The normalized spacial score (nSPS) is 13.5. The second-order valence-corrected chi connectivity index (χ2v) is 6.24. The van der Waals surface area contributed by atoms with Crippen molar-refractivity contribution in [3.8, 4) is 16.9 Å². The molecular weight excluding hydrogens is 296 g/mol. The molecule has 24 heavy (non-hydrogen) atoms. The fourth-order valence-corrected chi connectivity index (χ4v) is 3.49. The molecule has 122 valence electrons. The average Bonchev–Trinajstić information content (AvgIpc) is 3.01. The van der Waals surface area contributed by atoms with Gasteiger partial charge < -0.3 is 14.6 Å². The Hall–Kier alpha value is -2.52. The summed E-state index contributed by atoms with van der Waals surface area (Å²) in [6, 6.07) is 19.0. The number of methoxy groups -OCH3 is 1. The molecule has 0 amide bonds. The standard InChI is InChI=1S/C21H22N2O/c1-24-18-9-7-17(8-10-18)20-15-23(14-16-5-3-2-4-6-16)21-11-12-22-13-19(20)21/h2-10,15,22H,11-14H2,1H3. The zero-order valence-corrected chi connectivity index (χ0v) is 14.0. The largest absolute Gasteiger partial charge is 0.497 e. The van der Waals surface area contributed by atoms with Crippen LogP contribution in [0.5, 0.6) is 5.75 Å². The van der Waals surface area contributed by atoms with Crippen LogP contribution < -0.4 is 10.1 Å². The lowest BCUT2D eigenvalue weighted by Crippen LogP contribution is -2.25. The van der Waals surface area contributed by atoms with E-state index in [0.29, 0.717) is 0 Å². The minimum atomic E-state index is 0.898. The lowest BCUT2D eigenvalue weighted by atomic mass is 10.00. The minimum absolute atomic E-state index is 0.898. The van der Waals surface area contributed by atoms with Crippen LogP contribution in [0, 0.1) is 0 Å². The van der Waals surface area contributed by atoms with Crippen LogP contribution in [-0.2, 0) is 19.5 Å². The van der Waals surface area contributed by atoms with Crippen molar-refractivity contribution in [1.82, 2.24) is 9.88 Å². The van der Waals surface area contributed by atoms with E-state index in [1.807, 2.05) is 12.1 Å². The van der Waals surface area contributed by atoms with Crippen molar-refractivity contribution >= 4 is 0 Å². The van der Waals surface area contributed by atoms with E-state index in [1.54, 1.807) is 7.11 Å². The minimum Gasteiger partial charge on any atom is -0.497 e. The number of ether oxygens (including phenoxy) is 1. The molecule has 0 radical (unpaired) electrons. The fourth-order valence-electron chi connectivity index (χ4n) is 3.49. The summed E-state index contributed by atoms with van der Waals surface area (Å²) in [5.41, 5.74) is 6.82. The van der Waals surface area contributed by atoms with Gasteiger partial charge in [0.05, 0.1) is 7.11 Å². The van der Waals surface area contributed by atoms with E-state index >= 15 is 0 Å². The molecule has 0 atom stereocenters. The van der Waals surface area contributed by atoms with Gasteiger partial charge in [-0.15, -0.1) is 0 Å². The molecule has 1 aromatic heterocycles. The van der Waals surface area contributed by atoms with Crippen LogP contribution in [0.4, 0.5) is 0 Å². The van der Waals surface area contributed by atoms with E-state index in [4.69, 9.17) is 4.74 Å². The van der Waals surface area contributed by atoms with Gasteiger partial charge in [-0.25, -0.2) is 0 Å². The summed E-state index contributed by atoms with van der Waals surface area (Å²) >= 11 is 0. The molecule has 4 rings (SSSR count). The van der Waals surface area contributed by atoms with Crippen LogP contribution in [0.3, 0.4) is 0 Å². The van der Waals surface area contributed by atoms with Gasteiger partial charge in [-0.05, 0) is 28.8 Å². The van der Waals surface area contributed by atoms with Crippen LogP contribution in [-0.4, -0.2) is 18.2 Å². The highest BCUT2D eigenvalue weighted by Gasteiger charge is 2.19. The van der Waals surface area contributed by atoms with Gasteiger partial charge in [-0.2, -0.15) is 0 Å². The molecule has 3 nitrogen and oxygen atoms in total. The summed E-state index contributed by atoms with van der Waals surface area (Å²) in [6.45, 7) is 2.92. The van der Waals surface area contributed by atoms with Crippen molar-refractivity contribution in [1.29, 1.82) is 0 Å². The van der Waals surface area contributed by atoms with Gasteiger partial charge in [0.15, 0.2) is 0 Å². The van der Waals surface area contributed by atoms with Crippen molar-refractivity contribution in [2.45, 2.75) is 19.5 Å². The molecule has 3 aromatic rings. The number of benzene rings is 2. The highest BCUT2D eigenvalue weighted by atomic mass is 16.5. The van der Waals surface area contributed by atoms with Crippen molar-refractivity contribution in [3.05, 3.63) is 77.6 Å². The maximum absolute atomic E-state index is 5.28. The van der Waals surface area contributed by atoms with E-state index in [2.05, 4.69) is 58.5 Å². The smallest absolute Gasteiger partial charge is 0.118 e.